The van der Waals surface area contributed by atoms with Crippen molar-refractivity contribution in [3.8, 4) is 0 Å². The van der Waals surface area contributed by atoms with Gasteiger partial charge >= 0.3 is 5.65 Å². The highest BCUT2D eigenvalue weighted by Gasteiger charge is 2.05. The first kappa shape index (κ1) is 9.73. The number of rotatable bonds is 0. The van der Waals surface area contributed by atoms with Crippen LogP contribution in [-0.4, -0.2) is 9.61 Å². The van der Waals surface area contributed by atoms with Gasteiger partial charge in [0.25, 0.3) is 0 Å². The van der Waals surface area contributed by atoms with Crippen LogP contribution in [0.4, 0.5) is 0 Å². The number of aromatic nitrogens is 3. The molecule has 0 radical (unpaired) electrons. The van der Waals surface area contributed by atoms with Crippen LogP contribution in [0.5, 0.6) is 0 Å². The molecule has 2 rings (SSSR count). The van der Waals surface area contributed by atoms with E-state index >= 15 is 0 Å². The van der Waals surface area contributed by atoms with Gasteiger partial charge in [-0.05, 0) is 6.07 Å². The zero-order valence-electron chi connectivity index (χ0n) is 6.41. The molecule has 2 aromatic rings. The van der Waals surface area contributed by atoms with Gasteiger partial charge in [0.15, 0.2) is 11.3 Å². The van der Waals surface area contributed by atoms with Crippen LogP contribution >= 0.6 is 11.6 Å². The highest BCUT2D eigenvalue weighted by Crippen LogP contribution is 2.03. The Bertz CT molecular complexity index is 398. The molecule has 0 aliphatic rings. The molecule has 0 aliphatic heterocycles. The first-order valence-electron chi connectivity index (χ1n) is 3.27. The lowest BCUT2D eigenvalue weighted by atomic mass is 10.5. The fourth-order valence-corrected chi connectivity index (χ4v) is 1.18. The molecule has 2 heterocycles. The minimum atomic E-state index is 0. The first-order valence-corrected chi connectivity index (χ1v) is 3.65. The minimum Gasteiger partial charge on any atom is -1.00 e. The summed E-state index contributed by atoms with van der Waals surface area (Å²) in [5.74, 6) is 0. The Hall–Kier alpha value is -0.360. The molecular formula is C7H7ClIN3. The Morgan fingerprint density at radius 3 is 3.00 bits per heavy atom. The quantitative estimate of drug-likeness (QED) is 0.400. The maximum absolute atomic E-state index is 5.69. The van der Waals surface area contributed by atoms with Crippen molar-refractivity contribution in [2.75, 3.05) is 0 Å². The lowest BCUT2D eigenvalue weighted by Gasteiger charge is -1.86. The summed E-state index contributed by atoms with van der Waals surface area (Å²) in [4.78, 5) is 0. The van der Waals surface area contributed by atoms with Gasteiger partial charge in [-0.2, -0.15) is 0 Å². The van der Waals surface area contributed by atoms with Gasteiger partial charge in [-0.1, -0.05) is 21.2 Å². The third kappa shape index (κ3) is 1.54. The molecule has 0 amide bonds. The van der Waals surface area contributed by atoms with E-state index in [9.17, 15) is 0 Å². The number of hydrogen-bond acceptors (Lipinski definition) is 1. The minimum absolute atomic E-state index is 0. The van der Waals surface area contributed by atoms with Crippen LogP contribution < -0.4 is 28.5 Å². The number of halogens is 2. The van der Waals surface area contributed by atoms with Crippen molar-refractivity contribution in [3.05, 3.63) is 29.7 Å². The summed E-state index contributed by atoms with van der Waals surface area (Å²) >= 11 is 5.69. The lowest BCUT2D eigenvalue weighted by molar-refractivity contribution is -0.644. The molecule has 0 fully saturated rings. The SMILES string of the molecule is C[n+]1ccn2nc(Cl)ccc21.[I-]. The van der Waals surface area contributed by atoms with Gasteiger partial charge in [0, 0.05) is 6.07 Å². The molecule has 5 heteroatoms. The molecule has 0 atom stereocenters. The van der Waals surface area contributed by atoms with Crippen LogP contribution in [-0.2, 0) is 7.05 Å². The molecule has 0 N–H and O–H groups in total. The predicted molar refractivity (Wildman–Crippen MR) is 41.4 cm³/mol. The maximum atomic E-state index is 5.69. The molecule has 0 bridgehead atoms. The average Bonchev–Trinajstić information content (AvgIpc) is 2.32. The average molecular weight is 296 g/mol. The van der Waals surface area contributed by atoms with Crippen LogP contribution in [0.3, 0.4) is 0 Å². The molecule has 0 spiro atoms. The van der Waals surface area contributed by atoms with Crippen molar-refractivity contribution >= 4 is 17.2 Å². The van der Waals surface area contributed by atoms with Crippen LogP contribution in [0, 0.1) is 0 Å². The Morgan fingerprint density at radius 1 is 1.50 bits per heavy atom. The Labute approximate surface area is 92.0 Å². The number of aryl methyl sites for hydroxylation is 1. The van der Waals surface area contributed by atoms with Crippen molar-refractivity contribution in [2.45, 2.75) is 0 Å². The van der Waals surface area contributed by atoms with Crippen LogP contribution in [0.1, 0.15) is 0 Å². The summed E-state index contributed by atoms with van der Waals surface area (Å²) in [6, 6.07) is 3.70. The number of hydrogen-bond donors (Lipinski definition) is 0. The van der Waals surface area contributed by atoms with Crippen molar-refractivity contribution in [2.24, 2.45) is 7.05 Å². The van der Waals surface area contributed by atoms with Gasteiger partial charge in [0.2, 0.25) is 0 Å². The summed E-state index contributed by atoms with van der Waals surface area (Å²) in [5, 5.41) is 4.57. The molecule has 12 heavy (non-hydrogen) atoms. The number of fused-ring (bicyclic) bond motifs is 1. The van der Waals surface area contributed by atoms with E-state index < -0.39 is 0 Å². The number of nitrogens with zero attached hydrogens (tertiary/aromatic N) is 3. The third-order valence-corrected chi connectivity index (χ3v) is 1.80. The van der Waals surface area contributed by atoms with Gasteiger partial charge in [0.1, 0.15) is 6.20 Å². The molecule has 0 saturated heterocycles. The third-order valence-electron chi connectivity index (χ3n) is 1.60. The summed E-state index contributed by atoms with van der Waals surface area (Å²) < 4.78 is 3.71. The van der Waals surface area contributed by atoms with E-state index in [4.69, 9.17) is 11.6 Å². The van der Waals surface area contributed by atoms with E-state index in [0.29, 0.717) is 5.15 Å². The van der Waals surface area contributed by atoms with E-state index in [2.05, 4.69) is 5.10 Å². The first-order chi connectivity index (χ1) is 5.27. The second kappa shape index (κ2) is 3.57. The summed E-state index contributed by atoms with van der Waals surface area (Å²) in [6.07, 6.45) is 3.79. The summed E-state index contributed by atoms with van der Waals surface area (Å²) in [5.41, 5.74) is 1.02. The Balaban J connectivity index is 0.000000720. The largest absolute Gasteiger partial charge is 1.00 e. The van der Waals surface area contributed by atoms with Gasteiger partial charge in [0.05, 0.1) is 7.05 Å². The molecule has 0 aliphatic carbocycles. The molecule has 0 unspecified atom stereocenters. The fourth-order valence-electron chi connectivity index (χ4n) is 1.04. The second-order valence-corrected chi connectivity index (χ2v) is 2.76. The topological polar surface area (TPSA) is 21.2 Å². The summed E-state index contributed by atoms with van der Waals surface area (Å²) in [6.45, 7) is 0. The maximum Gasteiger partial charge on any atom is 0.306 e. The standard InChI is InChI=1S/C7H7ClN3.HI/c1-10-4-5-11-7(10)3-2-6(8)9-11;/h2-5H,1H3;1H/q+1;/p-1. The van der Waals surface area contributed by atoms with Crippen molar-refractivity contribution in [3.63, 3.8) is 0 Å². The molecule has 3 nitrogen and oxygen atoms in total. The van der Waals surface area contributed by atoms with Gasteiger partial charge in [-0.15, -0.1) is 0 Å². The fraction of sp³-hybridized carbons (Fsp3) is 0.143. The molecule has 0 aromatic carbocycles. The van der Waals surface area contributed by atoms with Gasteiger partial charge in [-0.25, -0.2) is 4.57 Å². The highest BCUT2D eigenvalue weighted by molar-refractivity contribution is 6.29. The smallest absolute Gasteiger partial charge is 0.306 e. The van der Waals surface area contributed by atoms with E-state index in [1.165, 1.54) is 0 Å². The van der Waals surface area contributed by atoms with Crippen LogP contribution in [0.2, 0.25) is 5.15 Å². The Kier molecular flexibility index (Phi) is 2.89. The van der Waals surface area contributed by atoms with Crippen molar-refractivity contribution < 1.29 is 28.5 Å². The molecule has 2 aromatic heterocycles. The van der Waals surface area contributed by atoms with Crippen LogP contribution in [0.25, 0.3) is 5.65 Å². The summed E-state index contributed by atoms with van der Waals surface area (Å²) in [7, 11) is 1.96. The molecular weight excluding hydrogens is 288 g/mol. The lowest BCUT2D eigenvalue weighted by Crippen LogP contribution is -3.00. The van der Waals surface area contributed by atoms with Gasteiger partial charge < -0.3 is 24.0 Å². The molecule has 0 saturated carbocycles. The van der Waals surface area contributed by atoms with Crippen molar-refractivity contribution in [1.82, 2.24) is 9.61 Å². The number of imidazole rings is 1. The monoisotopic (exact) mass is 295 g/mol. The van der Waals surface area contributed by atoms with Gasteiger partial charge in [-0.3, -0.25) is 0 Å². The highest BCUT2D eigenvalue weighted by atomic mass is 127. The Morgan fingerprint density at radius 2 is 2.25 bits per heavy atom. The zero-order chi connectivity index (χ0) is 7.84. The predicted octanol–water partition coefficient (Wildman–Crippen LogP) is -2.18. The second-order valence-electron chi connectivity index (χ2n) is 2.37. The van der Waals surface area contributed by atoms with Crippen LogP contribution in [0.15, 0.2) is 24.5 Å². The molecule has 64 valence electrons. The normalized spacial score (nSPS) is 9.83. The zero-order valence-corrected chi connectivity index (χ0v) is 9.32. The van der Waals surface area contributed by atoms with E-state index in [0.717, 1.165) is 5.65 Å². The van der Waals surface area contributed by atoms with E-state index in [-0.39, 0.29) is 24.0 Å². The van der Waals surface area contributed by atoms with E-state index in [1.807, 2.05) is 30.1 Å². The van der Waals surface area contributed by atoms with E-state index in [1.54, 1.807) is 10.6 Å². The van der Waals surface area contributed by atoms with Crippen molar-refractivity contribution in [1.29, 1.82) is 0 Å².